The normalized spacial score (nSPS) is 10.3. The molecule has 23 heavy (non-hydrogen) atoms. The molecular formula is C20H23NO2. The Morgan fingerprint density at radius 3 is 2.22 bits per heavy atom. The predicted octanol–water partition coefficient (Wildman–Crippen LogP) is 5.73. The van der Waals surface area contributed by atoms with Crippen molar-refractivity contribution in [3.05, 3.63) is 53.1 Å². The molecule has 0 unspecified atom stereocenters. The summed E-state index contributed by atoms with van der Waals surface area (Å²) in [6, 6.07) is 11.5. The summed E-state index contributed by atoms with van der Waals surface area (Å²) in [4.78, 5) is 15.9. The average Bonchev–Trinajstić information content (AvgIpc) is 2.90. The summed E-state index contributed by atoms with van der Waals surface area (Å²) in [7, 11) is 0. The Kier molecular flexibility index (Phi) is 5.32. The molecule has 1 aromatic heterocycles. The van der Waals surface area contributed by atoms with Crippen molar-refractivity contribution in [1.82, 2.24) is 4.98 Å². The van der Waals surface area contributed by atoms with Crippen LogP contribution in [-0.4, -0.2) is 10.8 Å². The van der Waals surface area contributed by atoms with Gasteiger partial charge in [-0.15, -0.1) is 0 Å². The van der Waals surface area contributed by atoms with Gasteiger partial charge >= 0.3 is 0 Å². The van der Waals surface area contributed by atoms with Gasteiger partial charge in [0.25, 0.3) is 0 Å². The second-order valence-corrected chi connectivity index (χ2v) is 5.84. The minimum absolute atomic E-state index is 0.0243. The fraction of sp³-hybridized carbons (Fsp3) is 0.300. The molecule has 0 fully saturated rings. The van der Waals surface area contributed by atoms with E-state index in [2.05, 4.69) is 24.9 Å². The summed E-state index contributed by atoms with van der Waals surface area (Å²) in [5.41, 5.74) is 5.36. The number of Topliss-reactive ketones (excluding diaryl/α,β-unsaturated/α-hetero) is 1. The van der Waals surface area contributed by atoms with Crippen molar-refractivity contribution >= 4 is 16.9 Å². The zero-order valence-corrected chi connectivity index (χ0v) is 14.4. The number of benzene rings is 2. The van der Waals surface area contributed by atoms with Crippen molar-refractivity contribution in [2.45, 2.75) is 41.0 Å². The lowest BCUT2D eigenvalue weighted by Gasteiger charge is -2.00. The van der Waals surface area contributed by atoms with Gasteiger partial charge in [0.05, 0.1) is 0 Å². The molecule has 2 aromatic carbocycles. The number of aromatic nitrogens is 1. The number of hydrogen-bond donors (Lipinski definition) is 0. The number of carbonyl (C=O) groups excluding carboxylic acids is 1. The lowest BCUT2D eigenvalue weighted by molar-refractivity contribution is 0.101. The number of ketones is 1. The molecule has 3 rings (SSSR count). The Bertz CT molecular complexity index is 811. The Balaban J connectivity index is 0.000000595. The molecule has 3 heteroatoms. The molecule has 0 saturated heterocycles. The number of fused-ring (bicyclic) bond motifs is 1. The smallest absolute Gasteiger partial charge is 0.227 e. The van der Waals surface area contributed by atoms with Gasteiger partial charge in [-0.05, 0) is 51.1 Å². The fourth-order valence-electron chi connectivity index (χ4n) is 2.37. The van der Waals surface area contributed by atoms with E-state index in [1.54, 1.807) is 19.1 Å². The van der Waals surface area contributed by atoms with Crippen LogP contribution in [0.25, 0.3) is 22.6 Å². The van der Waals surface area contributed by atoms with E-state index in [0.717, 1.165) is 11.1 Å². The molecule has 0 radical (unpaired) electrons. The van der Waals surface area contributed by atoms with Gasteiger partial charge in [-0.25, -0.2) is 4.98 Å². The summed E-state index contributed by atoms with van der Waals surface area (Å²) in [6.07, 6.45) is 1.25. The van der Waals surface area contributed by atoms with E-state index >= 15 is 0 Å². The van der Waals surface area contributed by atoms with Gasteiger partial charge in [0, 0.05) is 11.1 Å². The van der Waals surface area contributed by atoms with E-state index in [-0.39, 0.29) is 5.78 Å². The highest BCUT2D eigenvalue weighted by molar-refractivity contribution is 5.97. The van der Waals surface area contributed by atoms with Crippen molar-refractivity contribution in [3.8, 4) is 11.5 Å². The van der Waals surface area contributed by atoms with Crippen molar-refractivity contribution in [2.75, 3.05) is 0 Å². The van der Waals surface area contributed by atoms with Crippen LogP contribution in [0.4, 0.5) is 0 Å². The molecule has 3 aromatic rings. The molecule has 0 atom stereocenters. The van der Waals surface area contributed by atoms with Gasteiger partial charge in [0.2, 0.25) is 5.89 Å². The lowest BCUT2D eigenvalue weighted by Crippen LogP contribution is -1.89. The predicted molar refractivity (Wildman–Crippen MR) is 94.9 cm³/mol. The summed E-state index contributed by atoms with van der Waals surface area (Å²) < 4.78 is 5.79. The van der Waals surface area contributed by atoms with E-state index < -0.39 is 0 Å². The fourth-order valence-corrected chi connectivity index (χ4v) is 2.37. The molecular weight excluding hydrogens is 286 g/mol. The van der Waals surface area contributed by atoms with Gasteiger partial charge in [-0.1, -0.05) is 37.5 Å². The Labute approximate surface area is 137 Å². The minimum atomic E-state index is 0.0243. The van der Waals surface area contributed by atoms with Gasteiger partial charge < -0.3 is 4.42 Å². The summed E-state index contributed by atoms with van der Waals surface area (Å²) >= 11 is 0. The second-order valence-electron chi connectivity index (χ2n) is 5.84. The Morgan fingerprint density at radius 2 is 1.65 bits per heavy atom. The van der Waals surface area contributed by atoms with Gasteiger partial charge in [0.1, 0.15) is 5.52 Å². The van der Waals surface area contributed by atoms with Crippen molar-refractivity contribution in [3.63, 3.8) is 0 Å². The van der Waals surface area contributed by atoms with Crippen LogP contribution in [-0.2, 0) is 0 Å². The van der Waals surface area contributed by atoms with E-state index in [1.807, 2.05) is 32.0 Å². The SMILES string of the molecule is CC(=O)c1ccc2nc(-c3cc(C)cc(C)c3)oc2c1.CCC. The molecule has 3 nitrogen and oxygen atoms in total. The zero-order valence-electron chi connectivity index (χ0n) is 14.4. The number of nitrogens with zero attached hydrogens (tertiary/aromatic N) is 1. The molecule has 0 bridgehead atoms. The third-order valence-corrected chi connectivity index (χ3v) is 3.26. The minimum Gasteiger partial charge on any atom is -0.436 e. The first kappa shape index (κ1) is 16.9. The largest absolute Gasteiger partial charge is 0.436 e. The standard InChI is InChI=1S/C17H15NO2.C3H8/c1-10-6-11(2)8-14(7-10)17-18-15-5-4-13(12(3)19)9-16(15)20-17;1-3-2/h4-9H,1-3H3;3H2,1-2H3. The van der Waals surface area contributed by atoms with E-state index in [0.29, 0.717) is 17.0 Å². The maximum atomic E-state index is 11.4. The highest BCUT2D eigenvalue weighted by Gasteiger charge is 2.10. The number of rotatable bonds is 2. The van der Waals surface area contributed by atoms with Crippen LogP contribution in [0.2, 0.25) is 0 Å². The molecule has 0 aliphatic heterocycles. The topological polar surface area (TPSA) is 43.1 Å². The van der Waals surface area contributed by atoms with E-state index in [9.17, 15) is 4.79 Å². The van der Waals surface area contributed by atoms with Crippen LogP contribution < -0.4 is 0 Å². The van der Waals surface area contributed by atoms with Crippen LogP contribution in [0.1, 0.15) is 48.7 Å². The monoisotopic (exact) mass is 309 g/mol. The van der Waals surface area contributed by atoms with E-state index in [4.69, 9.17) is 4.42 Å². The van der Waals surface area contributed by atoms with Crippen molar-refractivity contribution < 1.29 is 9.21 Å². The molecule has 0 saturated carbocycles. The maximum absolute atomic E-state index is 11.4. The summed E-state index contributed by atoms with van der Waals surface area (Å²) in [5.74, 6) is 0.615. The molecule has 1 heterocycles. The molecule has 0 aliphatic carbocycles. The average molecular weight is 309 g/mol. The Morgan fingerprint density at radius 1 is 1.04 bits per heavy atom. The quantitative estimate of drug-likeness (QED) is 0.568. The van der Waals surface area contributed by atoms with Crippen LogP contribution in [0, 0.1) is 13.8 Å². The zero-order chi connectivity index (χ0) is 17.0. The molecule has 0 aliphatic rings. The van der Waals surface area contributed by atoms with E-state index in [1.165, 1.54) is 17.5 Å². The van der Waals surface area contributed by atoms with Gasteiger partial charge in [-0.2, -0.15) is 0 Å². The van der Waals surface area contributed by atoms with Crippen LogP contribution in [0.3, 0.4) is 0 Å². The van der Waals surface area contributed by atoms with Crippen molar-refractivity contribution in [1.29, 1.82) is 0 Å². The number of hydrogen-bond acceptors (Lipinski definition) is 3. The molecule has 0 N–H and O–H groups in total. The lowest BCUT2D eigenvalue weighted by atomic mass is 10.1. The third kappa shape index (κ3) is 4.07. The molecule has 0 spiro atoms. The Hall–Kier alpha value is -2.42. The van der Waals surface area contributed by atoms with Gasteiger partial charge in [0.15, 0.2) is 11.4 Å². The highest BCUT2D eigenvalue weighted by Crippen LogP contribution is 2.26. The first-order valence-electron chi connectivity index (χ1n) is 7.94. The summed E-state index contributed by atoms with van der Waals surface area (Å²) in [5, 5.41) is 0. The van der Waals surface area contributed by atoms with Crippen molar-refractivity contribution in [2.24, 2.45) is 0 Å². The first-order chi connectivity index (χ1) is 10.9. The number of oxazole rings is 1. The van der Waals surface area contributed by atoms with Gasteiger partial charge in [-0.3, -0.25) is 4.79 Å². The van der Waals surface area contributed by atoms with Crippen LogP contribution in [0.15, 0.2) is 40.8 Å². The van der Waals surface area contributed by atoms with Crippen LogP contribution in [0.5, 0.6) is 0 Å². The second kappa shape index (κ2) is 7.23. The first-order valence-corrected chi connectivity index (χ1v) is 7.94. The number of aryl methyl sites for hydroxylation is 2. The maximum Gasteiger partial charge on any atom is 0.227 e. The van der Waals surface area contributed by atoms with Crippen LogP contribution >= 0.6 is 0 Å². The molecule has 0 amide bonds. The summed E-state index contributed by atoms with van der Waals surface area (Å²) in [6.45, 7) is 9.89. The highest BCUT2D eigenvalue weighted by atomic mass is 16.3. The number of carbonyl (C=O) groups is 1. The molecule has 120 valence electrons. The third-order valence-electron chi connectivity index (χ3n) is 3.26.